The quantitative estimate of drug-likeness (QED) is 0.431. The standard InChI is InChI=1S/C21H25N3O2S/c1-3-27-21-23-17(14-20-22-11-12-24(20)21)15-9-10-18(25-2)19(13-15)26-16-7-5-4-6-8-16/h9-14,16H,3-8H2,1-2H3. The highest BCUT2D eigenvalue weighted by atomic mass is 32.2. The SMILES string of the molecule is CCSc1nc(-c2ccc(OC)c(OC3CCCCC3)c2)cc2nccn12. The Morgan fingerprint density at radius 3 is 2.78 bits per heavy atom. The first-order valence-corrected chi connectivity index (χ1v) is 10.6. The van der Waals surface area contributed by atoms with E-state index in [1.165, 1.54) is 19.3 Å². The first kappa shape index (κ1) is 18.2. The van der Waals surface area contributed by atoms with Crippen LogP contribution in [0.25, 0.3) is 16.9 Å². The van der Waals surface area contributed by atoms with Crippen LogP contribution in [0.5, 0.6) is 11.5 Å². The van der Waals surface area contributed by atoms with E-state index in [0.29, 0.717) is 0 Å². The van der Waals surface area contributed by atoms with E-state index in [1.807, 2.05) is 35.0 Å². The maximum atomic E-state index is 6.31. The van der Waals surface area contributed by atoms with E-state index in [0.717, 1.165) is 52.2 Å². The predicted molar refractivity (Wildman–Crippen MR) is 109 cm³/mol. The maximum Gasteiger partial charge on any atom is 0.174 e. The van der Waals surface area contributed by atoms with Gasteiger partial charge in [-0.15, -0.1) is 0 Å². The number of aromatic nitrogens is 3. The van der Waals surface area contributed by atoms with E-state index in [1.54, 1.807) is 18.9 Å². The Hall–Kier alpha value is -2.21. The summed E-state index contributed by atoms with van der Waals surface area (Å²) in [5, 5.41) is 0.952. The summed E-state index contributed by atoms with van der Waals surface area (Å²) >= 11 is 1.71. The molecule has 0 amide bonds. The second-order valence-corrected chi connectivity index (χ2v) is 7.99. The molecule has 2 aromatic heterocycles. The van der Waals surface area contributed by atoms with Crippen LogP contribution >= 0.6 is 11.8 Å². The second-order valence-electron chi connectivity index (χ2n) is 6.76. The summed E-state index contributed by atoms with van der Waals surface area (Å²) in [4.78, 5) is 9.32. The molecule has 3 aromatic rings. The fraction of sp³-hybridized carbons (Fsp3) is 0.429. The van der Waals surface area contributed by atoms with Gasteiger partial charge in [0, 0.05) is 24.0 Å². The number of hydrogen-bond acceptors (Lipinski definition) is 5. The van der Waals surface area contributed by atoms with Crippen LogP contribution in [-0.2, 0) is 0 Å². The lowest BCUT2D eigenvalue weighted by atomic mass is 9.98. The summed E-state index contributed by atoms with van der Waals surface area (Å²) in [6.07, 6.45) is 10.1. The molecule has 27 heavy (non-hydrogen) atoms. The molecule has 6 heteroatoms. The number of ether oxygens (including phenoxy) is 2. The highest BCUT2D eigenvalue weighted by Gasteiger charge is 2.18. The zero-order valence-electron chi connectivity index (χ0n) is 15.9. The number of thioether (sulfide) groups is 1. The molecule has 0 atom stereocenters. The summed E-state index contributed by atoms with van der Waals surface area (Å²) in [6, 6.07) is 8.08. The molecule has 1 saturated carbocycles. The van der Waals surface area contributed by atoms with Crippen molar-refractivity contribution in [2.24, 2.45) is 0 Å². The van der Waals surface area contributed by atoms with Crippen LogP contribution in [0.2, 0.25) is 0 Å². The van der Waals surface area contributed by atoms with Gasteiger partial charge in [-0.3, -0.25) is 4.40 Å². The third-order valence-electron chi connectivity index (χ3n) is 4.94. The van der Waals surface area contributed by atoms with Gasteiger partial charge in [0.15, 0.2) is 16.7 Å². The van der Waals surface area contributed by atoms with E-state index in [2.05, 4.69) is 18.0 Å². The number of hydrogen-bond donors (Lipinski definition) is 0. The van der Waals surface area contributed by atoms with Crippen LogP contribution < -0.4 is 9.47 Å². The van der Waals surface area contributed by atoms with Crippen LogP contribution in [0.3, 0.4) is 0 Å². The molecule has 0 aliphatic heterocycles. The zero-order chi connectivity index (χ0) is 18.6. The van der Waals surface area contributed by atoms with Crippen LogP contribution in [0.15, 0.2) is 41.8 Å². The Morgan fingerprint density at radius 2 is 2.00 bits per heavy atom. The molecule has 0 saturated heterocycles. The minimum atomic E-state index is 0.275. The van der Waals surface area contributed by atoms with Gasteiger partial charge >= 0.3 is 0 Å². The molecule has 0 bridgehead atoms. The first-order chi connectivity index (χ1) is 13.3. The summed E-state index contributed by atoms with van der Waals surface area (Å²) in [5.41, 5.74) is 2.83. The molecule has 1 aliphatic carbocycles. The Labute approximate surface area is 164 Å². The van der Waals surface area contributed by atoms with Gasteiger partial charge in [0.25, 0.3) is 0 Å². The normalized spacial score (nSPS) is 15.2. The number of nitrogens with zero attached hydrogens (tertiary/aromatic N) is 3. The molecule has 0 radical (unpaired) electrons. The van der Waals surface area contributed by atoms with E-state index in [4.69, 9.17) is 14.5 Å². The van der Waals surface area contributed by atoms with E-state index >= 15 is 0 Å². The van der Waals surface area contributed by atoms with Gasteiger partial charge in [-0.25, -0.2) is 9.97 Å². The highest BCUT2D eigenvalue weighted by molar-refractivity contribution is 7.99. The molecular weight excluding hydrogens is 358 g/mol. The molecule has 0 spiro atoms. The number of fused-ring (bicyclic) bond motifs is 1. The minimum Gasteiger partial charge on any atom is -0.493 e. The lowest BCUT2D eigenvalue weighted by molar-refractivity contribution is 0.149. The van der Waals surface area contributed by atoms with Gasteiger partial charge < -0.3 is 9.47 Å². The maximum absolute atomic E-state index is 6.31. The van der Waals surface area contributed by atoms with Crippen molar-refractivity contribution in [3.8, 4) is 22.8 Å². The molecule has 1 aromatic carbocycles. The fourth-order valence-electron chi connectivity index (χ4n) is 3.56. The van der Waals surface area contributed by atoms with Gasteiger partial charge in [-0.05, 0) is 49.6 Å². The Balaban J connectivity index is 1.70. The summed E-state index contributed by atoms with van der Waals surface area (Å²) in [6.45, 7) is 2.13. The van der Waals surface area contributed by atoms with Gasteiger partial charge in [-0.2, -0.15) is 0 Å². The van der Waals surface area contributed by atoms with Crippen molar-refractivity contribution in [3.05, 3.63) is 36.7 Å². The summed E-state index contributed by atoms with van der Waals surface area (Å²) in [5.74, 6) is 2.54. The Morgan fingerprint density at radius 1 is 1.15 bits per heavy atom. The van der Waals surface area contributed by atoms with Crippen LogP contribution in [0.1, 0.15) is 39.0 Å². The monoisotopic (exact) mass is 383 g/mol. The third-order valence-corrected chi connectivity index (χ3v) is 5.77. The topological polar surface area (TPSA) is 48.7 Å². The highest BCUT2D eigenvalue weighted by Crippen LogP contribution is 2.35. The fourth-order valence-corrected chi connectivity index (χ4v) is 4.28. The third kappa shape index (κ3) is 3.90. The molecule has 2 heterocycles. The number of rotatable bonds is 6. The molecule has 0 N–H and O–H groups in total. The van der Waals surface area contributed by atoms with Crippen molar-refractivity contribution in [2.75, 3.05) is 12.9 Å². The average Bonchev–Trinajstić information content (AvgIpc) is 3.18. The van der Waals surface area contributed by atoms with Gasteiger partial charge in [0.1, 0.15) is 5.65 Å². The first-order valence-electron chi connectivity index (χ1n) is 9.60. The van der Waals surface area contributed by atoms with Gasteiger partial charge in [-0.1, -0.05) is 25.1 Å². The van der Waals surface area contributed by atoms with Crippen molar-refractivity contribution in [3.63, 3.8) is 0 Å². The summed E-state index contributed by atoms with van der Waals surface area (Å²) < 4.78 is 13.9. The lowest BCUT2D eigenvalue weighted by Gasteiger charge is -2.24. The Bertz CT molecular complexity index is 919. The van der Waals surface area contributed by atoms with E-state index < -0.39 is 0 Å². The summed E-state index contributed by atoms with van der Waals surface area (Å²) in [7, 11) is 1.69. The van der Waals surface area contributed by atoms with Crippen molar-refractivity contribution >= 4 is 17.4 Å². The minimum absolute atomic E-state index is 0.275. The number of methoxy groups -OCH3 is 1. The molecular formula is C21H25N3O2S. The number of imidazole rings is 1. The van der Waals surface area contributed by atoms with Crippen molar-refractivity contribution < 1.29 is 9.47 Å². The zero-order valence-corrected chi connectivity index (χ0v) is 16.7. The van der Waals surface area contributed by atoms with Crippen molar-refractivity contribution in [2.45, 2.75) is 50.3 Å². The van der Waals surface area contributed by atoms with Crippen LogP contribution in [0, 0.1) is 0 Å². The van der Waals surface area contributed by atoms with Crippen LogP contribution in [-0.4, -0.2) is 33.3 Å². The molecule has 0 unspecified atom stereocenters. The second kappa shape index (κ2) is 8.21. The van der Waals surface area contributed by atoms with Gasteiger partial charge in [0.05, 0.1) is 18.9 Å². The lowest BCUT2D eigenvalue weighted by Crippen LogP contribution is -2.19. The average molecular weight is 384 g/mol. The molecule has 1 aliphatic rings. The Kier molecular flexibility index (Phi) is 5.53. The predicted octanol–water partition coefficient (Wildman–Crippen LogP) is 5.23. The molecule has 4 rings (SSSR count). The van der Waals surface area contributed by atoms with Crippen LogP contribution in [0.4, 0.5) is 0 Å². The largest absolute Gasteiger partial charge is 0.493 e. The van der Waals surface area contributed by atoms with E-state index in [9.17, 15) is 0 Å². The van der Waals surface area contributed by atoms with Crippen molar-refractivity contribution in [1.29, 1.82) is 0 Å². The number of benzene rings is 1. The van der Waals surface area contributed by atoms with E-state index in [-0.39, 0.29) is 6.10 Å². The smallest absolute Gasteiger partial charge is 0.174 e. The molecule has 142 valence electrons. The molecule has 1 fully saturated rings. The molecule has 5 nitrogen and oxygen atoms in total. The van der Waals surface area contributed by atoms with Crippen molar-refractivity contribution in [1.82, 2.24) is 14.4 Å². The van der Waals surface area contributed by atoms with Gasteiger partial charge in [0.2, 0.25) is 0 Å².